The van der Waals surface area contributed by atoms with E-state index in [1.807, 2.05) is 0 Å². The lowest BCUT2D eigenvalue weighted by atomic mass is 10.2. The van der Waals surface area contributed by atoms with Crippen molar-refractivity contribution in [2.45, 2.75) is 6.54 Å². The van der Waals surface area contributed by atoms with Gasteiger partial charge < -0.3 is 14.4 Å². The van der Waals surface area contributed by atoms with Crippen LogP contribution in [0.4, 0.5) is 10.1 Å². The highest BCUT2D eigenvalue weighted by molar-refractivity contribution is 6.00. The summed E-state index contributed by atoms with van der Waals surface area (Å²) >= 11 is 0. The van der Waals surface area contributed by atoms with E-state index in [4.69, 9.17) is 4.74 Å². The number of ether oxygens (including phenoxy) is 2. The average Bonchev–Trinajstić information content (AvgIpc) is 3.16. The second-order valence-corrected chi connectivity index (χ2v) is 6.30. The molecule has 0 saturated carbocycles. The van der Waals surface area contributed by atoms with E-state index in [1.165, 1.54) is 31.0 Å². The largest absolute Gasteiger partial charge is 0.464 e. The lowest BCUT2D eigenvalue weighted by Gasteiger charge is -2.36. The number of nitrogens with zero attached hydrogens (tertiary/aromatic N) is 5. The molecule has 29 heavy (non-hydrogen) atoms. The molecule has 1 fully saturated rings. The Morgan fingerprint density at radius 3 is 2.21 bits per heavy atom. The normalized spacial score (nSPS) is 14.2. The molecule has 1 aromatic heterocycles. The Labute approximate surface area is 173 Å². The maximum absolute atomic E-state index is 13.1. The summed E-state index contributed by atoms with van der Waals surface area (Å²) in [7, 11) is 2.44. The Bertz CT molecular complexity index is 837. The van der Waals surface area contributed by atoms with Crippen LogP contribution in [0.3, 0.4) is 0 Å². The van der Waals surface area contributed by atoms with Crippen LogP contribution < -0.4 is 4.90 Å². The SMILES string of the molecule is COC(=O)c1nnn(CCN2CCN(c3ccc(F)cc3)CC2)c1C(=O)OC.Cl. The van der Waals surface area contributed by atoms with E-state index >= 15 is 0 Å². The van der Waals surface area contributed by atoms with Crippen LogP contribution in [-0.4, -0.2) is 78.8 Å². The fourth-order valence-corrected chi connectivity index (χ4v) is 3.12. The van der Waals surface area contributed by atoms with Crippen molar-refractivity contribution in [3.63, 3.8) is 0 Å². The van der Waals surface area contributed by atoms with Crippen molar-refractivity contribution in [3.8, 4) is 0 Å². The zero-order valence-electron chi connectivity index (χ0n) is 16.2. The number of aromatic nitrogens is 3. The number of carbonyl (C=O) groups excluding carboxylic acids is 2. The molecule has 158 valence electrons. The van der Waals surface area contributed by atoms with Gasteiger partial charge in [-0.25, -0.2) is 18.7 Å². The van der Waals surface area contributed by atoms with E-state index in [0.29, 0.717) is 13.1 Å². The van der Waals surface area contributed by atoms with Gasteiger partial charge >= 0.3 is 11.9 Å². The predicted octanol–water partition coefficient (Wildman–Crippen LogP) is 1.23. The molecule has 1 aliphatic rings. The quantitative estimate of drug-likeness (QED) is 0.636. The molecule has 0 atom stereocenters. The zero-order valence-corrected chi connectivity index (χ0v) is 17.0. The van der Waals surface area contributed by atoms with Gasteiger partial charge in [-0.3, -0.25) is 4.90 Å². The third-order valence-corrected chi connectivity index (χ3v) is 4.68. The van der Waals surface area contributed by atoms with Crippen molar-refractivity contribution >= 4 is 30.0 Å². The molecular formula is C18H23ClFN5O4. The Hall–Kier alpha value is -2.72. The van der Waals surface area contributed by atoms with Gasteiger partial charge in [0.15, 0.2) is 5.69 Å². The molecule has 0 radical (unpaired) electrons. The van der Waals surface area contributed by atoms with Crippen molar-refractivity contribution < 1.29 is 23.5 Å². The molecule has 2 heterocycles. The van der Waals surface area contributed by atoms with Gasteiger partial charge in [0, 0.05) is 38.4 Å². The zero-order chi connectivity index (χ0) is 20.1. The summed E-state index contributed by atoms with van der Waals surface area (Å²) in [5.74, 6) is -1.67. The summed E-state index contributed by atoms with van der Waals surface area (Å²) < 4.78 is 23.8. The van der Waals surface area contributed by atoms with E-state index in [0.717, 1.165) is 31.9 Å². The van der Waals surface area contributed by atoms with Gasteiger partial charge in [0.1, 0.15) is 5.82 Å². The molecule has 2 aromatic rings. The Morgan fingerprint density at radius 2 is 1.62 bits per heavy atom. The molecule has 0 bridgehead atoms. The van der Waals surface area contributed by atoms with E-state index in [2.05, 4.69) is 24.8 Å². The van der Waals surface area contributed by atoms with Gasteiger partial charge in [0.25, 0.3) is 0 Å². The number of piperazine rings is 1. The second-order valence-electron chi connectivity index (χ2n) is 6.30. The highest BCUT2D eigenvalue weighted by Crippen LogP contribution is 2.17. The van der Waals surface area contributed by atoms with Gasteiger partial charge in [-0.15, -0.1) is 17.5 Å². The first-order valence-corrected chi connectivity index (χ1v) is 8.86. The fourth-order valence-electron chi connectivity index (χ4n) is 3.12. The molecule has 0 amide bonds. The fraction of sp³-hybridized carbons (Fsp3) is 0.444. The molecule has 1 aromatic carbocycles. The summed E-state index contributed by atoms with van der Waals surface area (Å²) in [6, 6.07) is 6.47. The topological polar surface area (TPSA) is 89.8 Å². The predicted molar refractivity (Wildman–Crippen MR) is 105 cm³/mol. The van der Waals surface area contributed by atoms with E-state index in [-0.39, 0.29) is 29.6 Å². The summed E-state index contributed by atoms with van der Waals surface area (Å²) in [5.41, 5.74) is 0.822. The summed E-state index contributed by atoms with van der Waals surface area (Å²) in [4.78, 5) is 28.2. The summed E-state index contributed by atoms with van der Waals surface area (Å²) in [5, 5.41) is 7.66. The van der Waals surface area contributed by atoms with E-state index in [9.17, 15) is 14.0 Å². The van der Waals surface area contributed by atoms with Crippen LogP contribution in [0.5, 0.6) is 0 Å². The summed E-state index contributed by atoms with van der Waals surface area (Å²) in [6.07, 6.45) is 0. The average molecular weight is 428 g/mol. The Morgan fingerprint density at radius 1 is 1.00 bits per heavy atom. The summed E-state index contributed by atoms with van der Waals surface area (Å²) in [6.45, 7) is 4.24. The highest BCUT2D eigenvalue weighted by atomic mass is 35.5. The van der Waals surface area contributed by atoms with Crippen LogP contribution in [-0.2, 0) is 16.0 Å². The van der Waals surface area contributed by atoms with Crippen LogP contribution in [0.2, 0.25) is 0 Å². The Kier molecular flexibility index (Phi) is 7.91. The minimum Gasteiger partial charge on any atom is -0.464 e. The molecule has 9 nitrogen and oxygen atoms in total. The molecule has 1 aliphatic heterocycles. The Balaban J connectivity index is 0.00000300. The van der Waals surface area contributed by atoms with Gasteiger partial charge in [0.2, 0.25) is 5.69 Å². The minimum absolute atomic E-state index is 0. The number of benzene rings is 1. The van der Waals surface area contributed by atoms with Crippen LogP contribution in [0.15, 0.2) is 24.3 Å². The smallest absolute Gasteiger partial charge is 0.361 e. The number of carbonyl (C=O) groups is 2. The number of esters is 2. The number of rotatable bonds is 6. The molecule has 0 unspecified atom stereocenters. The number of anilines is 1. The van der Waals surface area contributed by atoms with Gasteiger partial charge in [-0.1, -0.05) is 5.21 Å². The molecule has 0 N–H and O–H groups in total. The molecule has 1 saturated heterocycles. The van der Waals surface area contributed by atoms with E-state index in [1.54, 1.807) is 12.1 Å². The van der Waals surface area contributed by atoms with Crippen molar-refractivity contribution in [2.75, 3.05) is 51.8 Å². The van der Waals surface area contributed by atoms with Gasteiger partial charge in [-0.2, -0.15) is 0 Å². The first-order chi connectivity index (χ1) is 13.5. The third-order valence-electron chi connectivity index (χ3n) is 4.68. The van der Waals surface area contributed by atoms with Crippen LogP contribution in [0, 0.1) is 5.82 Å². The maximum atomic E-state index is 13.1. The monoisotopic (exact) mass is 427 g/mol. The standard InChI is InChI=1S/C18H22FN5O4.ClH/c1-27-17(25)15-16(18(26)28-2)24(21-20-15)12-9-22-7-10-23(11-8-22)14-5-3-13(19)4-6-14;/h3-6H,7-12H2,1-2H3;1H. The number of hydrogen-bond donors (Lipinski definition) is 0. The molecule has 0 spiro atoms. The first kappa shape index (κ1) is 22.6. The van der Waals surface area contributed by atoms with Crippen LogP contribution in [0.25, 0.3) is 0 Å². The van der Waals surface area contributed by atoms with Crippen molar-refractivity contribution in [2.24, 2.45) is 0 Å². The highest BCUT2D eigenvalue weighted by Gasteiger charge is 2.27. The van der Waals surface area contributed by atoms with Crippen molar-refractivity contribution in [1.29, 1.82) is 0 Å². The molecule has 0 aliphatic carbocycles. The third kappa shape index (κ3) is 5.21. The molecule has 11 heteroatoms. The lowest BCUT2D eigenvalue weighted by molar-refractivity contribution is 0.0542. The maximum Gasteiger partial charge on any atom is 0.361 e. The number of hydrogen-bond acceptors (Lipinski definition) is 8. The van der Waals surface area contributed by atoms with Crippen LogP contribution >= 0.6 is 12.4 Å². The van der Waals surface area contributed by atoms with Gasteiger partial charge in [0.05, 0.1) is 20.8 Å². The minimum atomic E-state index is -0.737. The molecule has 3 rings (SSSR count). The first-order valence-electron chi connectivity index (χ1n) is 8.86. The van der Waals surface area contributed by atoms with Crippen LogP contribution in [0.1, 0.15) is 21.0 Å². The second kappa shape index (κ2) is 10.2. The molecular weight excluding hydrogens is 405 g/mol. The van der Waals surface area contributed by atoms with Gasteiger partial charge in [-0.05, 0) is 24.3 Å². The number of methoxy groups -OCH3 is 2. The van der Waals surface area contributed by atoms with Crippen molar-refractivity contribution in [3.05, 3.63) is 41.5 Å². The lowest BCUT2D eigenvalue weighted by Crippen LogP contribution is -2.47. The van der Waals surface area contributed by atoms with Crippen molar-refractivity contribution in [1.82, 2.24) is 19.9 Å². The number of halogens is 2. The van der Waals surface area contributed by atoms with E-state index < -0.39 is 11.9 Å².